The number of urea groups is 1. The first-order chi connectivity index (χ1) is 15.3. The van der Waals surface area contributed by atoms with Crippen LogP contribution in [0, 0.1) is 0 Å². The van der Waals surface area contributed by atoms with Gasteiger partial charge in [-0.2, -0.15) is 0 Å². The van der Waals surface area contributed by atoms with Crippen molar-refractivity contribution < 1.29 is 19.2 Å². The van der Waals surface area contributed by atoms with E-state index < -0.39 is 5.54 Å². The van der Waals surface area contributed by atoms with Crippen LogP contribution in [0.2, 0.25) is 0 Å². The molecule has 0 saturated carbocycles. The molecule has 0 aromatic carbocycles. The molecule has 2 atom stereocenters. The van der Waals surface area contributed by atoms with E-state index in [0.29, 0.717) is 58.0 Å². The first-order valence-corrected chi connectivity index (χ1v) is 12.3. The van der Waals surface area contributed by atoms with Crippen molar-refractivity contribution in [1.82, 2.24) is 24.9 Å². The van der Waals surface area contributed by atoms with Gasteiger partial charge in [-0.3, -0.25) is 24.2 Å². The minimum atomic E-state index is -0.906. The molecule has 178 valence electrons. The normalized spacial score (nSPS) is 28.9. The van der Waals surface area contributed by atoms with Crippen molar-refractivity contribution in [3.8, 4) is 0 Å². The topological polar surface area (TPSA) is 93.3 Å². The Morgan fingerprint density at radius 1 is 0.969 bits per heavy atom. The zero-order chi connectivity index (χ0) is 22.9. The maximum Gasteiger partial charge on any atom is 0.325 e. The van der Waals surface area contributed by atoms with E-state index >= 15 is 0 Å². The van der Waals surface area contributed by atoms with Crippen LogP contribution in [-0.4, -0.2) is 100 Å². The summed E-state index contributed by atoms with van der Waals surface area (Å²) in [5.74, 6) is -0.00964. The Kier molecular flexibility index (Phi) is 6.74. The number of hydrogen-bond acceptors (Lipinski definition) is 5. The zero-order valence-electron chi connectivity index (χ0n) is 19.5. The molecule has 0 aromatic rings. The summed E-state index contributed by atoms with van der Waals surface area (Å²) in [5.41, 5.74) is -0.906. The van der Waals surface area contributed by atoms with Crippen LogP contribution in [0.15, 0.2) is 0 Å². The van der Waals surface area contributed by atoms with Gasteiger partial charge in [-0.1, -0.05) is 13.3 Å². The second kappa shape index (κ2) is 9.37. The van der Waals surface area contributed by atoms with Crippen molar-refractivity contribution >= 4 is 23.8 Å². The lowest BCUT2D eigenvalue weighted by atomic mass is 9.87. The molecular weight excluding hydrogens is 410 g/mol. The highest BCUT2D eigenvalue weighted by Crippen LogP contribution is 2.32. The average Bonchev–Trinajstić information content (AvgIpc) is 3.04. The maximum absolute atomic E-state index is 13.4. The summed E-state index contributed by atoms with van der Waals surface area (Å²) in [5, 5.41) is 2.95. The van der Waals surface area contributed by atoms with Gasteiger partial charge in [0.2, 0.25) is 11.8 Å². The minimum Gasteiger partial charge on any atom is -0.343 e. The number of nitrogens with zero attached hydrogens (tertiary/aromatic N) is 4. The summed E-state index contributed by atoms with van der Waals surface area (Å²) in [6.45, 7) is 7.44. The molecule has 32 heavy (non-hydrogen) atoms. The fourth-order valence-electron chi connectivity index (χ4n) is 5.73. The molecule has 0 aromatic heterocycles. The smallest absolute Gasteiger partial charge is 0.325 e. The Labute approximate surface area is 190 Å². The monoisotopic (exact) mass is 447 g/mol. The summed E-state index contributed by atoms with van der Waals surface area (Å²) in [7, 11) is 0. The molecule has 0 aliphatic carbocycles. The van der Waals surface area contributed by atoms with Crippen LogP contribution in [-0.2, 0) is 14.4 Å². The standard InChI is InChI=1S/C23H37N5O4/c1-3-19(29)25-13-9-23(10-14-25)21(31)28(22(32)24-23)18-8-6-12-27(15-18)20(30)16-26-11-5-4-7-17(26)2/h17-18H,3-16H2,1-2H3,(H,24,32)/t17-,18-/m0/s1. The Morgan fingerprint density at radius 2 is 1.72 bits per heavy atom. The molecule has 0 bridgehead atoms. The van der Waals surface area contributed by atoms with Gasteiger partial charge in [-0.05, 0) is 52.0 Å². The number of amides is 5. The molecule has 0 radical (unpaired) electrons. The molecule has 9 nitrogen and oxygen atoms in total. The second-order valence-electron chi connectivity index (χ2n) is 9.87. The average molecular weight is 448 g/mol. The highest BCUT2D eigenvalue weighted by atomic mass is 16.2. The van der Waals surface area contributed by atoms with E-state index in [1.165, 1.54) is 11.3 Å². The fourth-order valence-corrected chi connectivity index (χ4v) is 5.73. The Bertz CT molecular complexity index is 763. The summed E-state index contributed by atoms with van der Waals surface area (Å²) in [6.07, 6.45) is 6.32. The third-order valence-electron chi connectivity index (χ3n) is 7.86. The van der Waals surface area contributed by atoms with Gasteiger partial charge in [0.1, 0.15) is 5.54 Å². The summed E-state index contributed by atoms with van der Waals surface area (Å²) >= 11 is 0. The van der Waals surface area contributed by atoms with Gasteiger partial charge in [0, 0.05) is 38.6 Å². The van der Waals surface area contributed by atoms with Gasteiger partial charge in [0.15, 0.2) is 0 Å². The largest absolute Gasteiger partial charge is 0.343 e. The highest BCUT2D eigenvalue weighted by molar-refractivity contribution is 6.07. The van der Waals surface area contributed by atoms with E-state index in [1.54, 1.807) is 4.90 Å². The quantitative estimate of drug-likeness (QED) is 0.653. The van der Waals surface area contributed by atoms with Crippen LogP contribution in [0.3, 0.4) is 0 Å². The third-order valence-corrected chi connectivity index (χ3v) is 7.86. The van der Waals surface area contributed by atoms with Crippen LogP contribution in [0.4, 0.5) is 4.79 Å². The van der Waals surface area contributed by atoms with Crippen molar-refractivity contribution in [2.24, 2.45) is 0 Å². The van der Waals surface area contributed by atoms with Crippen LogP contribution < -0.4 is 5.32 Å². The number of nitrogens with one attached hydrogen (secondary N) is 1. The Balaban J connectivity index is 1.38. The molecule has 4 saturated heterocycles. The molecule has 4 fully saturated rings. The lowest BCUT2D eigenvalue weighted by molar-refractivity contribution is -0.141. The second-order valence-corrected chi connectivity index (χ2v) is 9.87. The molecule has 4 aliphatic heterocycles. The first-order valence-electron chi connectivity index (χ1n) is 12.3. The van der Waals surface area contributed by atoms with E-state index in [4.69, 9.17) is 0 Å². The van der Waals surface area contributed by atoms with Crippen molar-refractivity contribution in [3.05, 3.63) is 0 Å². The minimum absolute atomic E-state index is 0.0814. The van der Waals surface area contributed by atoms with E-state index in [0.717, 1.165) is 32.2 Å². The van der Waals surface area contributed by atoms with Gasteiger partial charge < -0.3 is 15.1 Å². The number of rotatable bonds is 4. The molecule has 4 rings (SSSR count). The zero-order valence-corrected chi connectivity index (χ0v) is 19.5. The molecule has 0 unspecified atom stereocenters. The molecule has 4 heterocycles. The molecular formula is C23H37N5O4. The van der Waals surface area contributed by atoms with E-state index in [2.05, 4.69) is 17.1 Å². The van der Waals surface area contributed by atoms with Gasteiger partial charge in [-0.25, -0.2) is 4.79 Å². The number of likely N-dealkylation sites (tertiary alicyclic amines) is 3. The van der Waals surface area contributed by atoms with Crippen LogP contribution in [0.25, 0.3) is 0 Å². The predicted molar refractivity (Wildman–Crippen MR) is 119 cm³/mol. The number of carbonyl (C=O) groups is 4. The van der Waals surface area contributed by atoms with Gasteiger partial charge in [-0.15, -0.1) is 0 Å². The summed E-state index contributed by atoms with van der Waals surface area (Å²) < 4.78 is 0. The summed E-state index contributed by atoms with van der Waals surface area (Å²) in [6, 6.07) is -0.215. The molecule has 1 N–H and O–H groups in total. The predicted octanol–water partition coefficient (Wildman–Crippen LogP) is 1.17. The SMILES string of the molecule is CCC(=O)N1CCC2(CC1)NC(=O)N([C@H]1CCCN(C(=O)CN3CCCC[C@@H]3C)C1)C2=O. The number of carbonyl (C=O) groups excluding carboxylic acids is 4. The first kappa shape index (κ1) is 23.0. The lowest BCUT2D eigenvalue weighted by Gasteiger charge is -2.40. The van der Waals surface area contributed by atoms with E-state index in [1.807, 2.05) is 11.8 Å². The van der Waals surface area contributed by atoms with Crippen LogP contribution >= 0.6 is 0 Å². The van der Waals surface area contributed by atoms with Crippen molar-refractivity contribution in [3.63, 3.8) is 0 Å². The molecule has 4 aliphatic rings. The van der Waals surface area contributed by atoms with Crippen molar-refractivity contribution in [1.29, 1.82) is 0 Å². The number of piperidine rings is 3. The Morgan fingerprint density at radius 3 is 2.41 bits per heavy atom. The third kappa shape index (κ3) is 4.36. The van der Waals surface area contributed by atoms with Gasteiger partial charge in [0.05, 0.1) is 12.6 Å². The van der Waals surface area contributed by atoms with E-state index in [-0.39, 0.29) is 29.8 Å². The highest BCUT2D eigenvalue weighted by Gasteiger charge is 2.54. The van der Waals surface area contributed by atoms with Gasteiger partial charge in [0.25, 0.3) is 5.91 Å². The maximum atomic E-state index is 13.4. The molecule has 5 amide bonds. The van der Waals surface area contributed by atoms with Gasteiger partial charge >= 0.3 is 6.03 Å². The van der Waals surface area contributed by atoms with Crippen LogP contribution in [0.1, 0.15) is 65.2 Å². The van der Waals surface area contributed by atoms with E-state index in [9.17, 15) is 19.2 Å². The summed E-state index contributed by atoms with van der Waals surface area (Å²) in [4.78, 5) is 58.5. The lowest BCUT2D eigenvalue weighted by Crippen LogP contribution is -2.57. The van der Waals surface area contributed by atoms with Crippen molar-refractivity contribution in [2.75, 3.05) is 39.3 Å². The molecule has 1 spiro atoms. The fraction of sp³-hybridized carbons (Fsp3) is 0.826. The number of imide groups is 1. The molecule has 9 heteroatoms. The van der Waals surface area contributed by atoms with Crippen molar-refractivity contribution in [2.45, 2.75) is 82.8 Å². The Hall–Kier alpha value is -2.16. The van der Waals surface area contributed by atoms with Crippen LogP contribution in [0.5, 0.6) is 0 Å². The number of hydrogen-bond donors (Lipinski definition) is 1.